The highest BCUT2D eigenvalue weighted by atomic mass is 32.2. The van der Waals surface area contributed by atoms with Crippen LogP contribution in [0.1, 0.15) is 17.3 Å². The summed E-state index contributed by atoms with van der Waals surface area (Å²) >= 11 is 2.31. The highest BCUT2D eigenvalue weighted by molar-refractivity contribution is 7.89. The predicted octanol–water partition coefficient (Wildman–Crippen LogP) is 2.34. The molecule has 3 rings (SSSR count). The van der Waals surface area contributed by atoms with Crippen LogP contribution in [-0.2, 0) is 19.6 Å². The van der Waals surface area contributed by atoms with Crippen LogP contribution >= 0.6 is 23.1 Å². The molecule has 0 amide bonds. The lowest BCUT2D eigenvalue weighted by Crippen LogP contribution is -2.30. The molecule has 24 heavy (non-hydrogen) atoms. The number of aromatic nitrogens is 2. The quantitative estimate of drug-likeness (QED) is 0.656. The van der Waals surface area contributed by atoms with Crippen molar-refractivity contribution >= 4 is 50.1 Å². The topological polar surface area (TPSA) is 98.2 Å². The van der Waals surface area contributed by atoms with Gasteiger partial charge in [0.15, 0.2) is 0 Å². The van der Waals surface area contributed by atoms with Crippen molar-refractivity contribution in [3.05, 3.63) is 40.6 Å². The van der Waals surface area contributed by atoms with Gasteiger partial charge in [0.1, 0.15) is 15.9 Å². The van der Waals surface area contributed by atoms with Gasteiger partial charge in [0.25, 0.3) is 0 Å². The number of nitrogens with one attached hydrogen (secondary N) is 1. The minimum Gasteiger partial charge on any atom is -0.469 e. The maximum atomic E-state index is 12.8. The zero-order valence-electron chi connectivity index (χ0n) is 12.5. The van der Waals surface area contributed by atoms with E-state index in [-0.39, 0.29) is 11.3 Å². The molecule has 0 saturated carbocycles. The Labute approximate surface area is 146 Å². The van der Waals surface area contributed by atoms with Gasteiger partial charge in [-0.05, 0) is 23.6 Å². The van der Waals surface area contributed by atoms with Crippen molar-refractivity contribution in [3.8, 4) is 0 Å². The molecule has 1 unspecified atom stereocenters. The maximum Gasteiger partial charge on any atom is 0.307 e. The Morgan fingerprint density at radius 1 is 1.29 bits per heavy atom. The van der Waals surface area contributed by atoms with Gasteiger partial charge in [0.05, 0.1) is 31.3 Å². The Hall–Kier alpha value is -1.88. The van der Waals surface area contributed by atoms with Crippen LogP contribution in [-0.4, -0.2) is 30.2 Å². The number of esters is 1. The minimum absolute atomic E-state index is 0.0418. The van der Waals surface area contributed by atoms with Crippen molar-refractivity contribution in [2.45, 2.75) is 17.4 Å². The first-order valence-electron chi connectivity index (χ1n) is 6.85. The van der Waals surface area contributed by atoms with Crippen molar-refractivity contribution in [2.75, 3.05) is 7.11 Å². The number of benzene rings is 1. The molecule has 0 saturated heterocycles. The third-order valence-corrected chi connectivity index (χ3v) is 6.35. The number of methoxy groups -OCH3 is 1. The Kier molecular flexibility index (Phi) is 4.90. The summed E-state index contributed by atoms with van der Waals surface area (Å²) in [5, 5.41) is 1.82. The summed E-state index contributed by atoms with van der Waals surface area (Å²) < 4.78 is 40.9. The van der Waals surface area contributed by atoms with Gasteiger partial charge in [0, 0.05) is 4.88 Å². The SMILES string of the molecule is COC(=O)CC(NS(=O)(=O)c1cccc2nsnc12)c1cccs1. The van der Waals surface area contributed by atoms with Gasteiger partial charge in [-0.15, -0.1) is 11.3 Å². The Morgan fingerprint density at radius 3 is 2.83 bits per heavy atom. The molecule has 1 atom stereocenters. The van der Waals surface area contributed by atoms with Crippen molar-refractivity contribution in [1.29, 1.82) is 0 Å². The van der Waals surface area contributed by atoms with Crippen LogP contribution in [0.15, 0.2) is 40.6 Å². The summed E-state index contributed by atoms with van der Waals surface area (Å²) in [6, 6.07) is 7.64. The van der Waals surface area contributed by atoms with Crippen molar-refractivity contribution < 1.29 is 17.9 Å². The van der Waals surface area contributed by atoms with Gasteiger partial charge in [-0.25, -0.2) is 13.1 Å². The lowest BCUT2D eigenvalue weighted by Gasteiger charge is -2.16. The van der Waals surface area contributed by atoms with Crippen molar-refractivity contribution in [3.63, 3.8) is 0 Å². The average Bonchev–Trinajstić information content (AvgIpc) is 3.24. The normalized spacial score (nSPS) is 13.0. The van der Waals surface area contributed by atoms with E-state index in [0.29, 0.717) is 11.0 Å². The molecule has 2 heterocycles. The number of hydrogen-bond donors (Lipinski definition) is 1. The summed E-state index contributed by atoms with van der Waals surface area (Å²) in [5.41, 5.74) is 0.835. The minimum atomic E-state index is -3.88. The summed E-state index contributed by atoms with van der Waals surface area (Å²) in [5.74, 6) is -0.496. The van der Waals surface area contributed by atoms with E-state index in [1.807, 2.05) is 5.38 Å². The van der Waals surface area contributed by atoms with E-state index in [1.165, 1.54) is 24.5 Å². The first kappa shape index (κ1) is 17.0. The molecule has 0 aliphatic carbocycles. The molecule has 0 bridgehead atoms. The van der Waals surface area contributed by atoms with Gasteiger partial charge in [-0.2, -0.15) is 8.75 Å². The number of ether oxygens (including phenoxy) is 1. The molecule has 2 aromatic heterocycles. The molecule has 0 aliphatic rings. The smallest absolute Gasteiger partial charge is 0.307 e. The van der Waals surface area contributed by atoms with E-state index in [2.05, 4.69) is 18.2 Å². The Morgan fingerprint density at radius 2 is 2.12 bits per heavy atom. The second-order valence-electron chi connectivity index (χ2n) is 4.86. The third kappa shape index (κ3) is 3.46. The van der Waals surface area contributed by atoms with Gasteiger partial charge in [0.2, 0.25) is 10.0 Å². The van der Waals surface area contributed by atoms with Gasteiger partial charge in [-0.1, -0.05) is 12.1 Å². The molecule has 126 valence electrons. The number of sulfonamides is 1. The zero-order chi connectivity index (χ0) is 17.2. The van der Waals surface area contributed by atoms with Crippen LogP contribution in [0.5, 0.6) is 0 Å². The molecule has 1 aromatic carbocycles. The van der Waals surface area contributed by atoms with E-state index < -0.39 is 22.0 Å². The fourth-order valence-electron chi connectivity index (χ4n) is 2.19. The zero-order valence-corrected chi connectivity index (χ0v) is 15.0. The number of carbonyl (C=O) groups is 1. The second-order valence-corrected chi connectivity index (χ2v) is 8.05. The van der Waals surface area contributed by atoms with Crippen LogP contribution < -0.4 is 4.72 Å². The molecule has 7 nitrogen and oxygen atoms in total. The highest BCUT2D eigenvalue weighted by Gasteiger charge is 2.27. The van der Waals surface area contributed by atoms with Gasteiger partial charge >= 0.3 is 5.97 Å². The number of carbonyl (C=O) groups excluding carboxylic acids is 1. The van der Waals surface area contributed by atoms with Gasteiger partial charge in [-0.3, -0.25) is 4.79 Å². The molecule has 0 spiro atoms. The van der Waals surface area contributed by atoms with E-state index >= 15 is 0 Å². The van der Waals surface area contributed by atoms with E-state index in [1.54, 1.807) is 24.3 Å². The lowest BCUT2D eigenvalue weighted by atomic mass is 10.2. The predicted molar refractivity (Wildman–Crippen MR) is 91.4 cm³/mol. The average molecular weight is 383 g/mol. The Bertz CT molecular complexity index is 951. The van der Waals surface area contributed by atoms with Crippen LogP contribution in [0.4, 0.5) is 0 Å². The fraction of sp³-hybridized carbons (Fsp3) is 0.214. The molecular weight excluding hydrogens is 370 g/mol. The summed E-state index contributed by atoms with van der Waals surface area (Å²) in [6.07, 6.45) is -0.0957. The molecule has 10 heteroatoms. The first-order chi connectivity index (χ1) is 11.5. The van der Waals surface area contributed by atoms with E-state index in [4.69, 9.17) is 0 Å². The maximum absolute atomic E-state index is 12.8. The first-order valence-corrected chi connectivity index (χ1v) is 9.94. The summed E-state index contributed by atoms with van der Waals surface area (Å²) in [4.78, 5) is 12.4. The third-order valence-electron chi connectivity index (χ3n) is 3.32. The summed E-state index contributed by atoms with van der Waals surface area (Å²) in [7, 11) is -2.61. The van der Waals surface area contributed by atoms with Crippen LogP contribution in [0.25, 0.3) is 11.0 Å². The summed E-state index contributed by atoms with van der Waals surface area (Å²) in [6.45, 7) is 0. The van der Waals surface area contributed by atoms with E-state index in [9.17, 15) is 13.2 Å². The molecule has 0 fully saturated rings. The number of nitrogens with zero attached hydrogens (tertiary/aromatic N) is 2. The second kappa shape index (κ2) is 6.93. The standard InChI is InChI=1S/C14H13N3O4S3/c1-21-13(18)8-10(11-5-3-7-22-11)17-24(19,20)12-6-2-4-9-14(12)16-23-15-9/h2-7,10,17H,8H2,1H3. The van der Waals surface area contributed by atoms with Crippen molar-refractivity contribution in [1.82, 2.24) is 13.5 Å². The largest absolute Gasteiger partial charge is 0.469 e. The van der Waals surface area contributed by atoms with E-state index in [0.717, 1.165) is 16.6 Å². The monoisotopic (exact) mass is 383 g/mol. The number of hydrogen-bond acceptors (Lipinski definition) is 8. The van der Waals surface area contributed by atoms with Crippen molar-refractivity contribution in [2.24, 2.45) is 0 Å². The molecular formula is C14H13N3O4S3. The molecule has 0 radical (unpaired) electrons. The molecule has 0 aliphatic heterocycles. The van der Waals surface area contributed by atoms with Crippen LogP contribution in [0, 0.1) is 0 Å². The fourth-order valence-corrected chi connectivity index (χ4v) is 5.02. The number of rotatable bonds is 6. The van der Waals surface area contributed by atoms with Gasteiger partial charge < -0.3 is 4.74 Å². The number of thiophene rings is 1. The molecule has 3 aromatic rings. The lowest BCUT2D eigenvalue weighted by molar-refractivity contribution is -0.141. The molecule has 1 N–H and O–H groups in total. The van der Waals surface area contributed by atoms with Crippen LogP contribution in [0.3, 0.4) is 0 Å². The number of fused-ring (bicyclic) bond motifs is 1. The highest BCUT2D eigenvalue weighted by Crippen LogP contribution is 2.27. The van der Waals surface area contributed by atoms with Crippen LogP contribution in [0.2, 0.25) is 0 Å². The Balaban J connectivity index is 1.96.